The maximum absolute atomic E-state index is 11.6. The van der Waals surface area contributed by atoms with Crippen molar-refractivity contribution >= 4 is 5.91 Å². The molecule has 1 amide bonds. The van der Waals surface area contributed by atoms with Crippen LogP contribution in [-0.2, 0) is 4.79 Å². The molecule has 0 aromatic rings. The first-order chi connectivity index (χ1) is 6.84. The van der Waals surface area contributed by atoms with Gasteiger partial charge in [-0.15, -0.1) is 0 Å². The Balaban J connectivity index is 3.80. The molecule has 2 atom stereocenters. The third kappa shape index (κ3) is 6.50. The molecule has 0 saturated heterocycles. The van der Waals surface area contributed by atoms with E-state index in [-0.39, 0.29) is 17.9 Å². The molecule has 0 heterocycles. The molecule has 0 saturated carbocycles. The van der Waals surface area contributed by atoms with Crippen molar-refractivity contribution in [2.45, 2.75) is 47.1 Å². The van der Waals surface area contributed by atoms with Crippen LogP contribution in [0.4, 0.5) is 0 Å². The topological polar surface area (TPSA) is 55.1 Å². The van der Waals surface area contributed by atoms with Crippen LogP contribution in [0.5, 0.6) is 0 Å². The number of hydrogen-bond donors (Lipinski definition) is 2. The highest BCUT2D eigenvalue weighted by atomic mass is 16.1. The van der Waals surface area contributed by atoms with Crippen LogP contribution in [-0.4, -0.2) is 18.5 Å². The van der Waals surface area contributed by atoms with Crippen molar-refractivity contribution in [1.82, 2.24) is 5.32 Å². The summed E-state index contributed by atoms with van der Waals surface area (Å²) in [6.07, 6.45) is 0.955. The fourth-order valence-corrected chi connectivity index (χ4v) is 1.38. The van der Waals surface area contributed by atoms with Gasteiger partial charge in [0.15, 0.2) is 0 Å². The summed E-state index contributed by atoms with van der Waals surface area (Å²) in [6.45, 7) is 10.9. The van der Waals surface area contributed by atoms with E-state index in [0.717, 1.165) is 6.42 Å². The molecular weight excluding hydrogens is 188 g/mol. The van der Waals surface area contributed by atoms with E-state index in [2.05, 4.69) is 33.0 Å². The summed E-state index contributed by atoms with van der Waals surface area (Å²) in [5.41, 5.74) is 5.88. The first-order valence-electron chi connectivity index (χ1n) is 5.87. The molecule has 0 rings (SSSR count). The van der Waals surface area contributed by atoms with Crippen LogP contribution in [0.1, 0.15) is 41.0 Å². The fourth-order valence-electron chi connectivity index (χ4n) is 1.38. The molecule has 0 spiro atoms. The fraction of sp³-hybridized carbons (Fsp3) is 0.917. The standard InChI is InChI=1S/C12H26N2O/c1-8(2)6-11(13)7-14-12(15)10(5)9(3)4/h8-11H,6-7,13H2,1-5H3,(H,14,15). The van der Waals surface area contributed by atoms with Crippen LogP contribution in [0.25, 0.3) is 0 Å². The second-order valence-electron chi connectivity index (χ2n) is 5.17. The number of carbonyl (C=O) groups excluding carboxylic acids is 1. The third-order valence-electron chi connectivity index (χ3n) is 2.73. The van der Waals surface area contributed by atoms with Crippen LogP contribution in [0.2, 0.25) is 0 Å². The zero-order chi connectivity index (χ0) is 12.0. The molecule has 0 aromatic heterocycles. The number of nitrogens with one attached hydrogen (secondary N) is 1. The molecule has 0 aromatic carbocycles. The van der Waals surface area contributed by atoms with E-state index in [1.165, 1.54) is 0 Å². The van der Waals surface area contributed by atoms with Gasteiger partial charge in [0.2, 0.25) is 5.91 Å². The van der Waals surface area contributed by atoms with Crippen molar-refractivity contribution in [2.75, 3.05) is 6.54 Å². The summed E-state index contributed by atoms with van der Waals surface area (Å²) in [5.74, 6) is 1.14. The van der Waals surface area contributed by atoms with Gasteiger partial charge in [-0.25, -0.2) is 0 Å². The Hall–Kier alpha value is -0.570. The molecule has 0 aliphatic heterocycles. The Bertz CT molecular complexity index is 190. The molecule has 0 fully saturated rings. The van der Waals surface area contributed by atoms with Gasteiger partial charge >= 0.3 is 0 Å². The molecular formula is C12H26N2O. The Morgan fingerprint density at radius 3 is 2.13 bits per heavy atom. The van der Waals surface area contributed by atoms with Gasteiger partial charge in [0.25, 0.3) is 0 Å². The van der Waals surface area contributed by atoms with Crippen molar-refractivity contribution in [3.8, 4) is 0 Å². The highest BCUT2D eigenvalue weighted by molar-refractivity contribution is 5.78. The van der Waals surface area contributed by atoms with Crippen LogP contribution in [0.3, 0.4) is 0 Å². The molecule has 15 heavy (non-hydrogen) atoms. The summed E-state index contributed by atoms with van der Waals surface area (Å²) in [7, 11) is 0. The van der Waals surface area contributed by atoms with Gasteiger partial charge in [0.1, 0.15) is 0 Å². The molecule has 0 radical (unpaired) electrons. The predicted molar refractivity (Wildman–Crippen MR) is 64.4 cm³/mol. The van der Waals surface area contributed by atoms with E-state index in [9.17, 15) is 4.79 Å². The number of rotatable bonds is 6. The van der Waals surface area contributed by atoms with E-state index in [1.54, 1.807) is 0 Å². The average Bonchev–Trinajstić information content (AvgIpc) is 2.11. The summed E-state index contributed by atoms with van der Waals surface area (Å²) in [6, 6.07) is 0.0771. The zero-order valence-corrected chi connectivity index (χ0v) is 10.7. The Morgan fingerprint density at radius 1 is 1.20 bits per heavy atom. The molecule has 2 unspecified atom stereocenters. The molecule has 3 N–H and O–H groups in total. The SMILES string of the molecule is CC(C)CC(N)CNC(=O)C(C)C(C)C. The van der Waals surface area contributed by atoms with Gasteiger partial charge in [0.05, 0.1) is 0 Å². The minimum Gasteiger partial charge on any atom is -0.354 e. The third-order valence-corrected chi connectivity index (χ3v) is 2.73. The normalized spacial score (nSPS) is 15.5. The summed E-state index contributed by atoms with van der Waals surface area (Å²) < 4.78 is 0. The minimum absolute atomic E-state index is 0.0660. The Morgan fingerprint density at radius 2 is 1.73 bits per heavy atom. The van der Waals surface area contributed by atoms with Gasteiger partial charge in [-0.3, -0.25) is 4.79 Å². The Kier molecular flexibility index (Phi) is 6.57. The van der Waals surface area contributed by atoms with Gasteiger partial charge in [-0.2, -0.15) is 0 Å². The summed E-state index contributed by atoms with van der Waals surface area (Å²) in [4.78, 5) is 11.6. The van der Waals surface area contributed by atoms with E-state index in [0.29, 0.717) is 18.4 Å². The van der Waals surface area contributed by atoms with Crippen LogP contribution >= 0.6 is 0 Å². The van der Waals surface area contributed by atoms with Crippen LogP contribution < -0.4 is 11.1 Å². The molecule has 0 bridgehead atoms. The maximum Gasteiger partial charge on any atom is 0.223 e. The number of amides is 1. The zero-order valence-electron chi connectivity index (χ0n) is 10.7. The van der Waals surface area contributed by atoms with Crippen LogP contribution in [0.15, 0.2) is 0 Å². The molecule has 3 nitrogen and oxygen atoms in total. The minimum atomic E-state index is 0.0660. The van der Waals surface area contributed by atoms with Crippen molar-refractivity contribution in [3.05, 3.63) is 0 Å². The number of nitrogens with two attached hydrogens (primary N) is 1. The molecule has 90 valence electrons. The first kappa shape index (κ1) is 14.4. The Labute approximate surface area is 93.8 Å². The average molecular weight is 214 g/mol. The van der Waals surface area contributed by atoms with E-state index >= 15 is 0 Å². The number of hydrogen-bond acceptors (Lipinski definition) is 2. The predicted octanol–water partition coefficient (Wildman–Crippen LogP) is 1.77. The van der Waals surface area contributed by atoms with Gasteiger partial charge in [-0.05, 0) is 18.3 Å². The molecule has 3 heteroatoms. The lowest BCUT2D eigenvalue weighted by atomic mass is 9.97. The van der Waals surface area contributed by atoms with E-state index < -0.39 is 0 Å². The lowest BCUT2D eigenvalue weighted by Crippen LogP contribution is -2.41. The van der Waals surface area contributed by atoms with Crippen molar-refractivity contribution in [1.29, 1.82) is 0 Å². The van der Waals surface area contributed by atoms with Gasteiger partial charge in [-0.1, -0.05) is 34.6 Å². The molecule has 0 aliphatic carbocycles. The largest absolute Gasteiger partial charge is 0.354 e. The lowest BCUT2D eigenvalue weighted by molar-refractivity contribution is -0.125. The highest BCUT2D eigenvalue weighted by Gasteiger charge is 2.16. The first-order valence-corrected chi connectivity index (χ1v) is 5.87. The van der Waals surface area contributed by atoms with Crippen molar-refractivity contribution in [2.24, 2.45) is 23.5 Å². The van der Waals surface area contributed by atoms with Gasteiger partial charge in [0, 0.05) is 18.5 Å². The second-order valence-corrected chi connectivity index (χ2v) is 5.17. The number of carbonyl (C=O) groups is 1. The smallest absolute Gasteiger partial charge is 0.223 e. The summed E-state index contributed by atoms with van der Waals surface area (Å²) >= 11 is 0. The maximum atomic E-state index is 11.6. The quantitative estimate of drug-likeness (QED) is 0.708. The monoisotopic (exact) mass is 214 g/mol. The van der Waals surface area contributed by atoms with Crippen molar-refractivity contribution < 1.29 is 4.79 Å². The lowest BCUT2D eigenvalue weighted by Gasteiger charge is -2.18. The van der Waals surface area contributed by atoms with E-state index in [4.69, 9.17) is 5.73 Å². The second kappa shape index (κ2) is 6.83. The van der Waals surface area contributed by atoms with Crippen molar-refractivity contribution in [3.63, 3.8) is 0 Å². The van der Waals surface area contributed by atoms with Gasteiger partial charge < -0.3 is 11.1 Å². The van der Waals surface area contributed by atoms with E-state index in [1.807, 2.05) is 6.92 Å². The van der Waals surface area contributed by atoms with Crippen LogP contribution in [0, 0.1) is 17.8 Å². The highest BCUT2D eigenvalue weighted by Crippen LogP contribution is 2.09. The molecule has 0 aliphatic rings. The summed E-state index contributed by atoms with van der Waals surface area (Å²) in [5, 5.41) is 2.90.